The van der Waals surface area contributed by atoms with Crippen LogP contribution < -0.4 is 20.4 Å². The summed E-state index contributed by atoms with van der Waals surface area (Å²) in [5.74, 6) is -0.480. The molecule has 1 aliphatic rings. The molecule has 13 heteroatoms. The van der Waals surface area contributed by atoms with E-state index in [-0.39, 0.29) is 22.8 Å². The van der Waals surface area contributed by atoms with E-state index in [1.807, 2.05) is 0 Å². The van der Waals surface area contributed by atoms with Crippen LogP contribution in [0.3, 0.4) is 0 Å². The summed E-state index contributed by atoms with van der Waals surface area (Å²) in [6.45, 7) is 9.81. The van der Waals surface area contributed by atoms with Crippen molar-refractivity contribution >= 4 is 46.5 Å². The van der Waals surface area contributed by atoms with Crippen LogP contribution in [-0.4, -0.2) is 52.2 Å². The number of amides is 1. The van der Waals surface area contributed by atoms with Crippen molar-refractivity contribution in [1.82, 2.24) is 15.3 Å². The number of pyridine rings is 2. The highest BCUT2D eigenvalue weighted by Gasteiger charge is 2.38. The van der Waals surface area contributed by atoms with Gasteiger partial charge >= 0.3 is 12.3 Å². The van der Waals surface area contributed by atoms with Crippen LogP contribution in [0.15, 0.2) is 24.5 Å². The van der Waals surface area contributed by atoms with E-state index in [2.05, 4.69) is 39.3 Å². The first-order valence-electron chi connectivity index (χ1n) is 11.5. The largest absolute Gasteiger partial charge is 0.443 e. The Hall–Kier alpha value is -3.48. The quantitative estimate of drug-likeness (QED) is 0.286. The summed E-state index contributed by atoms with van der Waals surface area (Å²) in [6, 6.07) is 2.81. The van der Waals surface area contributed by atoms with Crippen molar-refractivity contribution in [2.45, 2.75) is 58.9 Å². The third-order valence-corrected chi connectivity index (χ3v) is 5.68. The number of carbonyl (C=O) groups excluding carboxylic acids is 1. The number of carbonyl (C=O) groups is 1. The highest BCUT2D eigenvalue weighted by molar-refractivity contribution is 7.80. The molecule has 3 heterocycles. The van der Waals surface area contributed by atoms with Gasteiger partial charge in [-0.3, -0.25) is 15.3 Å². The molecule has 1 aliphatic heterocycles. The van der Waals surface area contributed by atoms with Gasteiger partial charge in [0.15, 0.2) is 16.8 Å². The number of nitrogens with one attached hydrogen (secondary N) is 3. The number of amidine groups is 1. The van der Waals surface area contributed by atoms with Crippen molar-refractivity contribution < 1.29 is 22.7 Å². The van der Waals surface area contributed by atoms with Crippen LogP contribution in [0.1, 0.15) is 51.4 Å². The minimum absolute atomic E-state index is 0.148. The van der Waals surface area contributed by atoms with E-state index >= 15 is 0 Å². The van der Waals surface area contributed by atoms with Gasteiger partial charge in [-0.15, -0.1) is 0 Å². The molecule has 0 fully saturated rings. The van der Waals surface area contributed by atoms with Gasteiger partial charge in [-0.05, 0) is 71.0 Å². The zero-order valence-electron chi connectivity index (χ0n) is 21.4. The van der Waals surface area contributed by atoms with Gasteiger partial charge in [-0.25, -0.2) is 9.78 Å². The van der Waals surface area contributed by atoms with Crippen molar-refractivity contribution in [3.05, 3.63) is 41.3 Å². The fourth-order valence-corrected chi connectivity index (χ4v) is 4.02. The predicted octanol–water partition coefficient (Wildman–Crippen LogP) is 4.95. The Morgan fingerprint density at radius 3 is 2.54 bits per heavy atom. The molecule has 0 unspecified atom stereocenters. The summed E-state index contributed by atoms with van der Waals surface area (Å²) >= 11 is 5.26. The Balaban J connectivity index is 1.85. The van der Waals surface area contributed by atoms with Gasteiger partial charge < -0.3 is 20.3 Å². The fourth-order valence-electron chi connectivity index (χ4n) is 3.82. The second-order valence-electron chi connectivity index (χ2n) is 9.78. The Labute approximate surface area is 218 Å². The maximum absolute atomic E-state index is 13.8. The zero-order chi connectivity index (χ0) is 27.7. The maximum Gasteiger partial charge on any atom is 0.418 e. The van der Waals surface area contributed by atoms with Crippen molar-refractivity contribution in [3.63, 3.8) is 0 Å². The van der Waals surface area contributed by atoms with Crippen LogP contribution in [0.25, 0.3) is 0 Å². The molecule has 0 saturated carbocycles. The molecular weight excluding hydrogens is 507 g/mol. The van der Waals surface area contributed by atoms with Gasteiger partial charge in [0, 0.05) is 37.7 Å². The summed E-state index contributed by atoms with van der Waals surface area (Å²) in [5, 5.41) is 13.4. The normalized spacial score (nSPS) is 13.3. The monoisotopic (exact) mass is 537 g/mol. The maximum atomic E-state index is 13.8. The SMILES string of the molecule is CC(C)N1CCc2cnc(C(=N)NC(=S)Nc3nccc(C(F)(F)F)c3N(C)C(=O)OC(C)(C)C)cc21. The van der Waals surface area contributed by atoms with E-state index in [0.717, 1.165) is 48.4 Å². The molecule has 0 atom stereocenters. The molecule has 3 N–H and O–H groups in total. The van der Waals surface area contributed by atoms with Gasteiger partial charge in [-0.1, -0.05) is 0 Å². The molecule has 37 heavy (non-hydrogen) atoms. The van der Waals surface area contributed by atoms with Crippen LogP contribution in [0.4, 0.5) is 35.2 Å². The van der Waals surface area contributed by atoms with Crippen LogP contribution in [-0.2, 0) is 17.3 Å². The lowest BCUT2D eigenvalue weighted by atomic mass is 10.2. The Bertz CT molecular complexity index is 1210. The van der Waals surface area contributed by atoms with Crippen LogP contribution in [0, 0.1) is 5.41 Å². The molecule has 0 saturated heterocycles. The van der Waals surface area contributed by atoms with Crippen molar-refractivity contribution in [2.24, 2.45) is 0 Å². The molecule has 0 radical (unpaired) electrons. The van der Waals surface area contributed by atoms with Crippen molar-refractivity contribution in [2.75, 3.05) is 28.7 Å². The van der Waals surface area contributed by atoms with E-state index in [0.29, 0.717) is 5.69 Å². The number of halogens is 3. The number of fused-ring (bicyclic) bond motifs is 1. The van der Waals surface area contributed by atoms with Gasteiger partial charge in [0.05, 0.1) is 5.56 Å². The lowest BCUT2D eigenvalue weighted by Crippen LogP contribution is -2.38. The lowest BCUT2D eigenvalue weighted by molar-refractivity contribution is -0.137. The second-order valence-corrected chi connectivity index (χ2v) is 10.2. The highest BCUT2D eigenvalue weighted by Crippen LogP contribution is 2.40. The number of thiocarbonyl (C=S) groups is 1. The Morgan fingerprint density at radius 1 is 1.27 bits per heavy atom. The van der Waals surface area contributed by atoms with Crippen LogP contribution in [0.5, 0.6) is 0 Å². The van der Waals surface area contributed by atoms with Gasteiger partial charge in [-0.2, -0.15) is 13.2 Å². The summed E-state index contributed by atoms with van der Waals surface area (Å²) in [5.41, 5.74) is -0.230. The topological polar surface area (TPSA) is 106 Å². The van der Waals surface area contributed by atoms with Gasteiger partial charge in [0.1, 0.15) is 17.0 Å². The van der Waals surface area contributed by atoms with Gasteiger partial charge in [0.25, 0.3) is 0 Å². The summed E-state index contributed by atoms with van der Waals surface area (Å²) in [7, 11) is 1.15. The molecule has 0 spiro atoms. The molecule has 0 bridgehead atoms. The number of rotatable bonds is 4. The first-order valence-corrected chi connectivity index (χ1v) is 11.9. The molecule has 2 aromatic heterocycles. The predicted molar refractivity (Wildman–Crippen MR) is 140 cm³/mol. The number of hydrogen-bond donors (Lipinski definition) is 3. The molecule has 200 valence electrons. The molecule has 3 rings (SSSR count). The summed E-state index contributed by atoms with van der Waals surface area (Å²) in [6.07, 6.45) is -2.27. The average molecular weight is 538 g/mol. The standard InChI is InChI=1S/C24H30F3N7O2S/c1-13(2)34-10-8-14-12-30-16(11-17(14)34)19(28)31-21(37)32-20-18(15(7-9-29-20)24(25,26)27)33(6)22(35)36-23(3,4)5/h7,9,11-13H,8,10H2,1-6H3,(H3,28,29,31,32,37). The lowest BCUT2D eigenvalue weighted by Gasteiger charge is -2.27. The van der Waals surface area contributed by atoms with E-state index < -0.39 is 29.1 Å². The fraction of sp³-hybridized carbons (Fsp3) is 0.458. The molecule has 9 nitrogen and oxygen atoms in total. The van der Waals surface area contributed by atoms with Crippen molar-refractivity contribution in [1.29, 1.82) is 5.41 Å². The number of anilines is 3. The number of nitrogens with zero attached hydrogens (tertiary/aromatic N) is 4. The number of alkyl halides is 3. The molecule has 1 amide bonds. The van der Waals surface area contributed by atoms with E-state index in [4.69, 9.17) is 22.4 Å². The second kappa shape index (κ2) is 10.5. The van der Waals surface area contributed by atoms with Crippen LogP contribution in [0.2, 0.25) is 0 Å². The van der Waals surface area contributed by atoms with E-state index in [9.17, 15) is 18.0 Å². The smallest absolute Gasteiger partial charge is 0.418 e. The zero-order valence-corrected chi connectivity index (χ0v) is 22.3. The summed E-state index contributed by atoms with van der Waals surface area (Å²) < 4.78 is 46.7. The van der Waals surface area contributed by atoms with Crippen LogP contribution >= 0.6 is 12.2 Å². The highest BCUT2D eigenvalue weighted by atomic mass is 32.1. The third-order valence-electron chi connectivity index (χ3n) is 5.48. The molecule has 0 aromatic carbocycles. The average Bonchev–Trinajstić information content (AvgIpc) is 3.20. The summed E-state index contributed by atoms with van der Waals surface area (Å²) in [4.78, 5) is 23.8. The van der Waals surface area contributed by atoms with Crippen molar-refractivity contribution in [3.8, 4) is 0 Å². The number of hydrogen-bond acceptors (Lipinski definition) is 7. The molecular formula is C24H30F3N7O2S. The first kappa shape index (κ1) is 28.1. The Kier molecular flexibility index (Phi) is 7.96. The van der Waals surface area contributed by atoms with E-state index in [1.54, 1.807) is 33.0 Å². The number of ether oxygens (including phenoxy) is 1. The van der Waals surface area contributed by atoms with Gasteiger partial charge in [0.2, 0.25) is 0 Å². The first-order chi connectivity index (χ1) is 17.1. The molecule has 2 aromatic rings. The molecule has 0 aliphatic carbocycles. The minimum atomic E-state index is -4.79. The number of aromatic nitrogens is 2. The minimum Gasteiger partial charge on any atom is -0.443 e. The Morgan fingerprint density at radius 2 is 1.95 bits per heavy atom. The third kappa shape index (κ3) is 6.64. The van der Waals surface area contributed by atoms with E-state index in [1.165, 1.54) is 0 Å².